The second kappa shape index (κ2) is 5.07. The molecule has 1 aromatic carbocycles. The van der Waals surface area contributed by atoms with Crippen molar-refractivity contribution in [1.29, 1.82) is 0 Å². The maximum absolute atomic E-state index is 13.5. The Balaban J connectivity index is 1.75. The Morgan fingerprint density at radius 3 is 3.11 bits per heavy atom. The number of nitrogens with zero attached hydrogens (tertiary/aromatic N) is 3. The molecule has 0 bridgehead atoms. The van der Waals surface area contributed by atoms with E-state index in [1.807, 2.05) is 12.3 Å². The van der Waals surface area contributed by atoms with E-state index in [0.717, 1.165) is 18.1 Å². The molecule has 1 aliphatic rings. The van der Waals surface area contributed by atoms with Crippen molar-refractivity contribution in [1.82, 2.24) is 15.0 Å². The molecule has 0 N–H and O–H groups in total. The number of ether oxygens (including phenoxy) is 1. The first-order chi connectivity index (χ1) is 8.83. The van der Waals surface area contributed by atoms with E-state index in [-0.39, 0.29) is 11.3 Å². The van der Waals surface area contributed by atoms with Crippen molar-refractivity contribution in [3.63, 3.8) is 0 Å². The van der Waals surface area contributed by atoms with E-state index >= 15 is 0 Å². The van der Waals surface area contributed by atoms with Crippen LogP contribution in [0.1, 0.15) is 16.7 Å². The summed E-state index contributed by atoms with van der Waals surface area (Å²) in [5, 5.41) is 8.07. The van der Waals surface area contributed by atoms with Crippen LogP contribution in [0.3, 0.4) is 0 Å². The van der Waals surface area contributed by atoms with Crippen molar-refractivity contribution in [2.75, 3.05) is 12.4 Å². The third-order valence-electron chi connectivity index (χ3n) is 2.71. The number of hydrogen-bond acceptors (Lipinski definition) is 4. The molecule has 2 aromatic rings. The first kappa shape index (κ1) is 11.7. The van der Waals surface area contributed by atoms with Crippen molar-refractivity contribution in [2.24, 2.45) is 0 Å². The van der Waals surface area contributed by atoms with Crippen LogP contribution in [0.15, 0.2) is 30.5 Å². The largest absolute Gasteiger partial charge is 0.360 e. The lowest BCUT2D eigenvalue weighted by Crippen LogP contribution is -2.02. The number of benzene rings is 1. The SMILES string of the molecule is Fc1ccccc1Cn1cc([C@@H]2OCCS2)nn1. The smallest absolute Gasteiger partial charge is 0.148 e. The first-order valence-corrected chi connectivity index (χ1v) is 6.74. The van der Waals surface area contributed by atoms with Gasteiger partial charge in [-0.2, -0.15) is 0 Å². The molecule has 1 atom stereocenters. The van der Waals surface area contributed by atoms with E-state index in [1.54, 1.807) is 28.6 Å². The Bertz CT molecular complexity index is 540. The predicted octanol–water partition coefficient (Wildman–Crippen LogP) is 2.23. The second-order valence-electron chi connectivity index (χ2n) is 4.01. The van der Waals surface area contributed by atoms with Gasteiger partial charge in [0.25, 0.3) is 0 Å². The van der Waals surface area contributed by atoms with Crippen molar-refractivity contribution in [2.45, 2.75) is 12.0 Å². The van der Waals surface area contributed by atoms with Crippen molar-refractivity contribution in [3.05, 3.63) is 47.5 Å². The van der Waals surface area contributed by atoms with Crippen molar-refractivity contribution < 1.29 is 9.13 Å². The highest BCUT2D eigenvalue weighted by molar-refractivity contribution is 7.99. The Morgan fingerprint density at radius 1 is 1.44 bits per heavy atom. The third-order valence-corrected chi connectivity index (χ3v) is 3.79. The number of aromatic nitrogens is 3. The minimum Gasteiger partial charge on any atom is -0.360 e. The summed E-state index contributed by atoms with van der Waals surface area (Å²) < 4.78 is 20.6. The molecule has 94 valence electrons. The van der Waals surface area contributed by atoms with Crippen molar-refractivity contribution in [3.8, 4) is 0 Å². The van der Waals surface area contributed by atoms with E-state index in [2.05, 4.69) is 10.3 Å². The van der Waals surface area contributed by atoms with Crippen LogP contribution in [0.5, 0.6) is 0 Å². The Labute approximate surface area is 108 Å². The van der Waals surface area contributed by atoms with Gasteiger partial charge in [-0.05, 0) is 6.07 Å². The van der Waals surface area contributed by atoms with Gasteiger partial charge in [0.15, 0.2) is 0 Å². The fraction of sp³-hybridized carbons (Fsp3) is 0.333. The fourth-order valence-corrected chi connectivity index (χ4v) is 2.71. The van der Waals surface area contributed by atoms with Gasteiger partial charge in [-0.1, -0.05) is 23.4 Å². The minimum absolute atomic E-state index is 0.0284. The molecular weight excluding hydrogens is 253 g/mol. The molecule has 0 saturated carbocycles. The zero-order valence-corrected chi connectivity index (χ0v) is 10.4. The Hall–Kier alpha value is -1.40. The standard InChI is InChI=1S/C12H12FN3OS/c13-10-4-2-1-3-9(10)7-16-8-11(14-15-16)12-17-5-6-18-12/h1-4,8,12H,5-7H2/t12-/m1/s1. The molecule has 3 rings (SSSR count). The highest BCUT2D eigenvalue weighted by atomic mass is 32.2. The van der Waals surface area contributed by atoms with Gasteiger partial charge in [0.05, 0.1) is 19.3 Å². The summed E-state index contributed by atoms with van der Waals surface area (Å²) in [4.78, 5) is 0. The Morgan fingerprint density at radius 2 is 2.33 bits per heavy atom. The van der Waals surface area contributed by atoms with Gasteiger partial charge in [-0.15, -0.1) is 16.9 Å². The Kier molecular flexibility index (Phi) is 3.29. The van der Waals surface area contributed by atoms with Gasteiger partial charge in [0.2, 0.25) is 0 Å². The molecule has 18 heavy (non-hydrogen) atoms. The molecule has 0 radical (unpaired) electrons. The third kappa shape index (κ3) is 2.39. The second-order valence-corrected chi connectivity index (χ2v) is 5.18. The number of thioether (sulfide) groups is 1. The van der Waals surface area contributed by atoms with E-state index < -0.39 is 0 Å². The van der Waals surface area contributed by atoms with Crippen LogP contribution in [0, 0.1) is 5.82 Å². The van der Waals surface area contributed by atoms with Crippen LogP contribution >= 0.6 is 11.8 Å². The monoisotopic (exact) mass is 265 g/mol. The maximum Gasteiger partial charge on any atom is 0.148 e. The van der Waals surface area contributed by atoms with Gasteiger partial charge >= 0.3 is 0 Å². The summed E-state index contributed by atoms with van der Waals surface area (Å²) in [5.74, 6) is 0.756. The van der Waals surface area contributed by atoms with E-state index in [0.29, 0.717) is 12.1 Å². The van der Waals surface area contributed by atoms with Crippen LogP contribution in [-0.4, -0.2) is 27.4 Å². The molecule has 1 fully saturated rings. The maximum atomic E-state index is 13.5. The van der Waals surface area contributed by atoms with Gasteiger partial charge in [-0.25, -0.2) is 9.07 Å². The number of hydrogen-bond donors (Lipinski definition) is 0. The molecular formula is C12H12FN3OS. The van der Waals surface area contributed by atoms with Crippen LogP contribution in [0.4, 0.5) is 4.39 Å². The van der Waals surface area contributed by atoms with Crippen LogP contribution in [-0.2, 0) is 11.3 Å². The normalized spacial score (nSPS) is 19.3. The van der Waals surface area contributed by atoms with Crippen molar-refractivity contribution >= 4 is 11.8 Å². The topological polar surface area (TPSA) is 39.9 Å². The average molecular weight is 265 g/mol. The highest BCUT2D eigenvalue weighted by Gasteiger charge is 2.21. The van der Waals surface area contributed by atoms with Gasteiger partial charge in [0, 0.05) is 11.3 Å². The molecule has 1 aliphatic heterocycles. The summed E-state index contributed by atoms with van der Waals surface area (Å²) in [6, 6.07) is 6.68. The number of rotatable bonds is 3. The molecule has 0 unspecified atom stereocenters. The summed E-state index contributed by atoms with van der Waals surface area (Å²) >= 11 is 1.71. The summed E-state index contributed by atoms with van der Waals surface area (Å²) in [5.41, 5.74) is 1.38. The zero-order chi connectivity index (χ0) is 12.4. The molecule has 1 saturated heterocycles. The van der Waals surface area contributed by atoms with Gasteiger partial charge < -0.3 is 4.74 Å². The molecule has 2 heterocycles. The first-order valence-electron chi connectivity index (χ1n) is 5.69. The molecule has 0 aliphatic carbocycles. The molecule has 0 amide bonds. The summed E-state index contributed by atoms with van der Waals surface area (Å²) in [6.45, 7) is 1.13. The average Bonchev–Trinajstić information content (AvgIpc) is 3.02. The quantitative estimate of drug-likeness (QED) is 0.853. The van der Waals surface area contributed by atoms with E-state index in [9.17, 15) is 4.39 Å². The molecule has 0 spiro atoms. The lowest BCUT2D eigenvalue weighted by atomic mass is 10.2. The van der Waals surface area contributed by atoms with Gasteiger partial charge in [-0.3, -0.25) is 0 Å². The predicted molar refractivity (Wildman–Crippen MR) is 66.7 cm³/mol. The highest BCUT2D eigenvalue weighted by Crippen LogP contribution is 2.33. The molecule has 6 heteroatoms. The van der Waals surface area contributed by atoms with E-state index in [1.165, 1.54) is 6.07 Å². The van der Waals surface area contributed by atoms with Crippen LogP contribution in [0.2, 0.25) is 0 Å². The fourth-order valence-electron chi connectivity index (χ4n) is 1.83. The molecule has 4 nitrogen and oxygen atoms in total. The zero-order valence-electron chi connectivity index (χ0n) is 9.62. The lowest BCUT2D eigenvalue weighted by molar-refractivity contribution is 0.142. The molecule has 1 aromatic heterocycles. The minimum atomic E-state index is -0.221. The van der Waals surface area contributed by atoms with E-state index in [4.69, 9.17) is 4.74 Å². The number of halogens is 1. The summed E-state index contributed by atoms with van der Waals surface area (Å²) in [6.07, 6.45) is 1.81. The van der Waals surface area contributed by atoms with Gasteiger partial charge in [0.1, 0.15) is 16.9 Å². The lowest BCUT2D eigenvalue weighted by Gasteiger charge is -2.03. The summed E-state index contributed by atoms with van der Waals surface area (Å²) in [7, 11) is 0. The van der Waals surface area contributed by atoms with Crippen LogP contribution < -0.4 is 0 Å². The van der Waals surface area contributed by atoms with Crippen LogP contribution in [0.25, 0.3) is 0 Å².